The summed E-state index contributed by atoms with van der Waals surface area (Å²) in [6.07, 6.45) is 2.74. The van der Waals surface area contributed by atoms with Gasteiger partial charge in [-0.2, -0.15) is 0 Å². The van der Waals surface area contributed by atoms with Crippen molar-refractivity contribution in [3.05, 3.63) is 81.3 Å². The summed E-state index contributed by atoms with van der Waals surface area (Å²) in [6, 6.07) is 12.1. The third-order valence-electron chi connectivity index (χ3n) is 4.52. The van der Waals surface area contributed by atoms with Crippen LogP contribution in [0.1, 0.15) is 16.8 Å². The van der Waals surface area contributed by atoms with Crippen molar-refractivity contribution < 1.29 is 4.39 Å². The molecule has 2 heterocycles. The SMILES string of the molecule is Fc1ccc(CN2CCc3nc(-c4ccc(Cl)cc4)ncc3C2)c(Cl)c1. The lowest BCUT2D eigenvalue weighted by Crippen LogP contribution is -2.31. The first-order valence-corrected chi connectivity index (χ1v) is 9.11. The molecule has 1 aliphatic heterocycles. The molecule has 26 heavy (non-hydrogen) atoms. The van der Waals surface area contributed by atoms with Gasteiger partial charge in [0.1, 0.15) is 5.82 Å². The Labute approximate surface area is 161 Å². The van der Waals surface area contributed by atoms with Crippen molar-refractivity contribution in [2.75, 3.05) is 6.54 Å². The maximum Gasteiger partial charge on any atom is 0.159 e. The Morgan fingerprint density at radius 3 is 2.65 bits per heavy atom. The number of halogens is 3. The second-order valence-corrected chi connectivity index (χ2v) is 7.21. The summed E-state index contributed by atoms with van der Waals surface area (Å²) in [5, 5.41) is 1.16. The number of benzene rings is 2. The van der Waals surface area contributed by atoms with Gasteiger partial charge >= 0.3 is 0 Å². The Morgan fingerprint density at radius 2 is 1.88 bits per heavy atom. The Kier molecular flexibility index (Phi) is 4.90. The number of rotatable bonds is 3. The molecule has 0 aliphatic carbocycles. The minimum atomic E-state index is -0.314. The molecule has 0 amide bonds. The Balaban J connectivity index is 1.51. The fraction of sp³-hybridized carbons (Fsp3) is 0.200. The van der Waals surface area contributed by atoms with E-state index in [1.165, 1.54) is 12.1 Å². The first-order chi connectivity index (χ1) is 12.6. The minimum Gasteiger partial charge on any atom is -0.294 e. The van der Waals surface area contributed by atoms with Gasteiger partial charge in [-0.25, -0.2) is 14.4 Å². The van der Waals surface area contributed by atoms with E-state index in [1.807, 2.05) is 30.5 Å². The van der Waals surface area contributed by atoms with Gasteiger partial charge in [0, 0.05) is 53.4 Å². The molecule has 0 fully saturated rings. The Bertz CT molecular complexity index is 944. The third kappa shape index (κ3) is 3.73. The average molecular weight is 388 g/mol. The van der Waals surface area contributed by atoms with Crippen LogP contribution < -0.4 is 0 Å². The smallest absolute Gasteiger partial charge is 0.159 e. The molecule has 1 aliphatic rings. The maximum atomic E-state index is 13.2. The van der Waals surface area contributed by atoms with Crippen LogP contribution in [0.4, 0.5) is 4.39 Å². The van der Waals surface area contributed by atoms with Crippen LogP contribution in [0, 0.1) is 5.82 Å². The van der Waals surface area contributed by atoms with Gasteiger partial charge in [-0.15, -0.1) is 0 Å². The second-order valence-electron chi connectivity index (χ2n) is 6.37. The summed E-state index contributed by atoms with van der Waals surface area (Å²) >= 11 is 12.1. The average Bonchev–Trinajstić information content (AvgIpc) is 2.64. The maximum absolute atomic E-state index is 13.2. The molecule has 132 valence electrons. The lowest BCUT2D eigenvalue weighted by atomic mass is 10.1. The molecule has 3 aromatic rings. The van der Waals surface area contributed by atoms with E-state index in [9.17, 15) is 4.39 Å². The van der Waals surface area contributed by atoms with Gasteiger partial charge in [-0.1, -0.05) is 29.3 Å². The van der Waals surface area contributed by atoms with E-state index in [1.54, 1.807) is 6.07 Å². The van der Waals surface area contributed by atoms with Crippen LogP contribution in [0.3, 0.4) is 0 Å². The molecule has 0 N–H and O–H groups in total. The lowest BCUT2D eigenvalue weighted by molar-refractivity contribution is 0.243. The molecule has 2 aromatic carbocycles. The van der Waals surface area contributed by atoms with Crippen molar-refractivity contribution in [3.8, 4) is 11.4 Å². The molecule has 0 saturated carbocycles. The van der Waals surface area contributed by atoms with Crippen molar-refractivity contribution in [1.29, 1.82) is 0 Å². The molecule has 0 spiro atoms. The van der Waals surface area contributed by atoms with Gasteiger partial charge < -0.3 is 0 Å². The monoisotopic (exact) mass is 387 g/mol. The van der Waals surface area contributed by atoms with Gasteiger partial charge in [0.15, 0.2) is 5.82 Å². The van der Waals surface area contributed by atoms with Crippen LogP contribution in [0.15, 0.2) is 48.7 Å². The molecule has 0 radical (unpaired) electrons. The van der Waals surface area contributed by atoms with Crippen LogP contribution in [-0.2, 0) is 19.5 Å². The normalized spacial score (nSPS) is 14.3. The van der Waals surface area contributed by atoms with Crippen molar-refractivity contribution in [2.45, 2.75) is 19.5 Å². The zero-order valence-corrected chi connectivity index (χ0v) is 15.4. The van der Waals surface area contributed by atoms with Crippen LogP contribution in [0.5, 0.6) is 0 Å². The zero-order chi connectivity index (χ0) is 18.1. The van der Waals surface area contributed by atoms with Crippen molar-refractivity contribution in [1.82, 2.24) is 14.9 Å². The molecule has 3 nitrogen and oxygen atoms in total. The molecule has 1 aromatic heterocycles. The minimum absolute atomic E-state index is 0.314. The molecular formula is C20H16Cl2FN3. The van der Waals surface area contributed by atoms with E-state index in [-0.39, 0.29) is 5.82 Å². The molecule has 0 bridgehead atoms. The summed E-state index contributed by atoms with van der Waals surface area (Å²) in [5.41, 5.74) is 4.08. The first-order valence-electron chi connectivity index (χ1n) is 8.35. The van der Waals surface area contributed by atoms with Gasteiger partial charge in [0.05, 0.1) is 5.69 Å². The highest BCUT2D eigenvalue weighted by Gasteiger charge is 2.19. The van der Waals surface area contributed by atoms with Crippen LogP contribution >= 0.6 is 23.2 Å². The molecule has 0 unspecified atom stereocenters. The fourth-order valence-electron chi connectivity index (χ4n) is 3.14. The summed E-state index contributed by atoms with van der Waals surface area (Å²) in [6.45, 7) is 2.30. The highest BCUT2D eigenvalue weighted by atomic mass is 35.5. The topological polar surface area (TPSA) is 29.0 Å². The van der Waals surface area contributed by atoms with Crippen LogP contribution in [0.2, 0.25) is 10.0 Å². The fourth-order valence-corrected chi connectivity index (χ4v) is 3.49. The lowest BCUT2D eigenvalue weighted by Gasteiger charge is -2.28. The van der Waals surface area contributed by atoms with E-state index < -0.39 is 0 Å². The summed E-state index contributed by atoms with van der Waals surface area (Å²) in [4.78, 5) is 11.5. The predicted octanol–water partition coefficient (Wildman–Crippen LogP) is 5.15. The summed E-state index contributed by atoms with van der Waals surface area (Å²) < 4.78 is 13.2. The van der Waals surface area contributed by atoms with Crippen molar-refractivity contribution in [3.63, 3.8) is 0 Å². The number of hydrogen-bond donors (Lipinski definition) is 0. The quantitative estimate of drug-likeness (QED) is 0.622. The second kappa shape index (κ2) is 7.31. The van der Waals surface area contributed by atoms with E-state index in [0.29, 0.717) is 16.6 Å². The van der Waals surface area contributed by atoms with Gasteiger partial charge in [0.25, 0.3) is 0 Å². The summed E-state index contributed by atoms with van der Waals surface area (Å²) in [7, 11) is 0. The van der Waals surface area contributed by atoms with E-state index in [4.69, 9.17) is 28.2 Å². The van der Waals surface area contributed by atoms with Gasteiger partial charge in [0.2, 0.25) is 0 Å². The molecule has 0 atom stereocenters. The largest absolute Gasteiger partial charge is 0.294 e. The first kappa shape index (κ1) is 17.4. The van der Waals surface area contributed by atoms with Crippen LogP contribution in [-0.4, -0.2) is 21.4 Å². The number of fused-ring (bicyclic) bond motifs is 1. The number of aromatic nitrogens is 2. The van der Waals surface area contributed by atoms with E-state index in [2.05, 4.69) is 9.88 Å². The predicted molar refractivity (Wildman–Crippen MR) is 102 cm³/mol. The van der Waals surface area contributed by atoms with Crippen molar-refractivity contribution >= 4 is 23.2 Å². The molecule has 0 saturated heterocycles. The zero-order valence-electron chi connectivity index (χ0n) is 13.9. The van der Waals surface area contributed by atoms with E-state index in [0.717, 1.165) is 47.7 Å². The highest BCUT2D eigenvalue weighted by Crippen LogP contribution is 2.25. The van der Waals surface area contributed by atoms with Gasteiger partial charge in [-0.05, 0) is 42.0 Å². The molecular weight excluding hydrogens is 372 g/mol. The molecule has 6 heteroatoms. The number of hydrogen-bond acceptors (Lipinski definition) is 3. The standard InChI is InChI=1S/C20H16Cl2FN3/c21-16-4-1-13(2-5-16)20-24-10-15-12-26(8-7-19(15)25-20)11-14-3-6-17(23)9-18(14)22/h1-6,9-10H,7-8,11-12H2. The summed E-state index contributed by atoms with van der Waals surface area (Å²) in [5.74, 6) is 0.404. The van der Waals surface area contributed by atoms with E-state index >= 15 is 0 Å². The Morgan fingerprint density at radius 1 is 1.08 bits per heavy atom. The van der Waals surface area contributed by atoms with Gasteiger partial charge in [-0.3, -0.25) is 4.90 Å². The third-order valence-corrected chi connectivity index (χ3v) is 5.13. The molecule has 4 rings (SSSR count). The van der Waals surface area contributed by atoms with Crippen molar-refractivity contribution in [2.24, 2.45) is 0 Å². The highest BCUT2D eigenvalue weighted by molar-refractivity contribution is 6.31. The number of nitrogens with zero attached hydrogens (tertiary/aromatic N) is 3. The Hall–Kier alpha value is -2.01. The van der Waals surface area contributed by atoms with Crippen LogP contribution in [0.25, 0.3) is 11.4 Å².